The molecule has 0 heterocycles. The van der Waals surface area contributed by atoms with E-state index in [0.717, 1.165) is 15.6 Å². The molecule has 27 heavy (non-hydrogen) atoms. The minimum absolute atomic E-state index is 0.0685. The van der Waals surface area contributed by atoms with E-state index in [1.165, 1.54) is 11.8 Å². The highest BCUT2D eigenvalue weighted by atomic mass is 79.9. The second kappa shape index (κ2) is 10.7. The minimum atomic E-state index is -0.544. The van der Waals surface area contributed by atoms with Crippen LogP contribution in [0.1, 0.15) is 18.1 Å². The van der Waals surface area contributed by atoms with Gasteiger partial charge in [-0.2, -0.15) is 0 Å². The fourth-order valence-electron chi connectivity index (χ4n) is 2.54. The molecular weight excluding hydrogens is 448 g/mol. The Balaban J connectivity index is 2.03. The molecule has 0 spiro atoms. The summed E-state index contributed by atoms with van der Waals surface area (Å²) in [6.45, 7) is 2.13. The van der Waals surface area contributed by atoms with Crippen molar-refractivity contribution in [3.8, 4) is 0 Å². The molecule has 0 aromatic heterocycles. The number of hydrogen-bond donors (Lipinski definition) is 1. The topological polar surface area (TPSA) is 49.4 Å². The third-order valence-corrected chi connectivity index (χ3v) is 5.82. The van der Waals surface area contributed by atoms with Gasteiger partial charge >= 0.3 is 0 Å². The van der Waals surface area contributed by atoms with Crippen molar-refractivity contribution in [3.63, 3.8) is 0 Å². The highest BCUT2D eigenvalue weighted by molar-refractivity contribution is 9.10. The van der Waals surface area contributed by atoms with Crippen LogP contribution in [0.2, 0.25) is 5.02 Å². The van der Waals surface area contributed by atoms with Crippen molar-refractivity contribution in [2.75, 3.05) is 12.8 Å². The number of hydrogen-bond acceptors (Lipinski definition) is 3. The summed E-state index contributed by atoms with van der Waals surface area (Å²) in [6, 6.07) is 14.8. The summed E-state index contributed by atoms with van der Waals surface area (Å²) in [5.41, 5.74) is 2.04. The SMILES string of the molecule is CNC(=O)[C@@H](C)N(Cc1ccc(Br)cc1)C(=O)CSCc1cccc(Cl)c1. The number of benzene rings is 2. The van der Waals surface area contributed by atoms with Gasteiger partial charge in [-0.15, -0.1) is 11.8 Å². The molecule has 1 N–H and O–H groups in total. The summed E-state index contributed by atoms with van der Waals surface area (Å²) in [5, 5.41) is 3.31. The predicted molar refractivity (Wildman–Crippen MR) is 116 cm³/mol. The maximum Gasteiger partial charge on any atom is 0.242 e. The second-order valence-electron chi connectivity index (χ2n) is 6.06. The average Bonchev–Trinajstić information content (AvgIpc) is 2.66. The lowest BCUT2D eigenvalue weighted by Gasteiger charge is -2.28. The normalized spacial score (nSPS) is 11.7. The number of halogens is 2. The summed E-state index contributed by atoms with van der Waals surface area (Å²) in [7, 11) is 1.58. The van der Waals surface area contributed by atoms with E-state index in [1.807, 2.05) is 48.5 Å². The van der Waals surface area contributed by atoms with Crippen LogP contribution in [-0.2, 0) is 21.9 Å². The molecule has 0 radical (unpaired) electrons. The van der Waals surface area contributed by atoms with Gasteiger partial charge in [0.05, 0.1) is 5.75 Å². The first-order valence-corrected chi connectivity index (χ1v) is 10.8. The Labute approximate surface area is 177 Å². The van der Waals surface area contributed by atoms with Crippen LogP contribution in [0.5, 0.6) is 0 Å². The summed E-state index contributed by atoms with van der Waals surface area (Å²) < 4.78 is 0.973. The molecule has 2 amide bonds. The fourth-order valence-corrected chi connectivity index (χ4v) is 3.88. The number of thioether (sulfide) groups is 1. The van der Waals surface area contributed by atoms with Gasteiger partial charge in [0.15, 0.2) is 0 Å². The van der Waals surface area contributed by atoms with Crippen molar-refractivity contribution < 1.29 is 9.59 Å². The monoisotopic (exact) mass is 468 g/mol. The summed E-state index contributed by atoms with van der Waals surface area (Å²) in [6.07, 6.45) is 0. The maximum absolute atomic E-state index is 12.8. The van der Waals surface area contributed by atoms with Crippen LogP contribution in [0.4, 0.5) is 0 Å². The van der Waals surface area contributed by atoms with Crippen molar-refractivity contribution in [1.29, 1.82) is 0 Å². The zero-order chi connectivity index (χ0) is 19.8. The average molecular weight is 470 g/mol. The number of likely N-dealkylation sites (N-methyl/N-ethyl adjacent to an activating group) is 1. The number of carbonyl (C=O) groups excluding carboxylic acids is 2. The molecule has 2 aromatic rings. The van der Waals surface area contributed by atoms with Crippen LogP contribution in [0, 0.1) is 0 Å². The van der Waals surface area contributed by atoms with Gasteiger partial charge in [0.2, 0.25) is 11.8 Å². The van der Waals surface area contributed by atoms with Crippen LogP contribution in [0.3, 0.4) is 0 Å². The Morgan fingerprint density at radius 3 is 2.52 bits per heavy atom. The van der Waals surface area contributed by atoms with Crippen LogP contribution in [-0.4, -0.2) is 35.6 Å². The third kappa shape index (κ3) is 6.87. The Bertz CT molecular complexity index is 786. The van der Waals surface area contributed by atoms with Gasteiger partial charge < -0.3 is 10.2 Å². The van der Waals surface area contributed by atoms with E-state index in [4.69, 9.17) is 11.6 Å². The van der Waals surface area contributed by atoms with Crippen molar-refractivity contribution in [2.45, 2.75) is 25.3 Å². The van der Waals surface area contributed by atoms with Crippen LogP contribution in [0.25, 0.3) is 0 Å². The molecule has 0 bridgehead atoms. The standard InChI is InChI=1S/C20H22BrClN2O2S/c1-14(20(26)23-2)24(11-15-6-8-17(21)9-7-15)19(25)13-27-12-16-4-3-5-18(22)10-16/h3-10,14H,11-13H2,1-2H3,(H,23,26)/t14-/m1/s1. The third-order valence-electron chi connectivity index (χ3n) is 4.06. The van der Waals surface area contributed by atoms with E-state index in [2.05, 4.69) is 21.2 Å². The van der Waals surface area contributed by atoms with E-state index in [1.54, 1.807) is 18.9 Å². The molecule has 4 nitrogen and oxygen atoms in total. The zero-order valence-corrected chi connectivity index (χ0v) is 18.4. The number of rotatable bonds is 8. The Morgan fingerprint density at radius 2 is 1.89 bits per heavy atom. The maximum atomic E-state index is 12.8. The van der Waals surface area contributed by atoms with Gasteiger partial charge in [-0.1, -0.05) is 51.8 Å². The van der Waals surface area contributed by atoms with Gasteiger partial charge in [0.25, 0.3) is 0 Å². The van der Waals surface area contributed by atoms with E-state index in [0.29, 0.717) is 23.1 Å². The fraction of sp³-hybridized carbons (Fsp3) is 0.300. The van der Waals surface area contributed by atoms with E-state index in [-0.39, 0.29) is 11.8 Å². The van der Waals surface area contributed by atoms with Crippen LogP contribution in [0.15, 0.2) is 53.0 Å². The van der Waals surface area contributed by atoms with Crippen molar-refractivity contribution >= 4 is 51.1 Å². The van der Waals surface area contributed by atoms with Crippen LogP contribution < -0.4 is 5.32 Å². The van der Waals surface area contributed by atoms with Gasteiger partial charge in [-0.05, 0) is 42.3 Å². The van der Waals surface area contributed by atoms with Crippen molar-refractivity contribution in [2.24, 2.45) is 0 Å². The van der Waals surface area contributed by atoms with E-state index < -0.39 is 6.04 Å². The molecule has 7 heteroatoms. The highest BCUT2D eigenvalue weighted by Gasteiger charge is 2.25. The molecule has 0 fully saturated rings. The number of nitrogens with one attached hydrogen (secondary N) is 1. The molecule has 0 saturated carbocycles. The van der Waals surface area contributed by atoms with Crippen molar-refractivity contribution in [1.82, 2.24) is 10.2 Å². The largest absolute Gasteiger partial charge is 0.357 e. The molecule has 0 unspecified atom stereocenters. The first kappa shape index (κ1) is 21.8. The molecule has 2 aromatic carbocycles. The van der Waals surface area contributed by atoms with Gasteiger partial charge in [0, 0.05) is 28.8 Å². The molecule has 0 saturated heterocycles. The number of nitrogens with zero attached hydrogens (tertiary/aromatic N) is 1. The Kier molecular flexibility index (Phi) is 8.67. The molecule has 0 aliphatic rings. The minimum Gasteiger partial charge on any atom is -0.357 e. The smallest absolute Gasteiger partial charge is 0.242 e. The highest BCUT2D eigenvalue weighted by Crippen LogP contribution is 2.19. The molecule has 144 valence electrons. The lowest BCUT2D eigenvalue weighted by molar-refractivity contribution is -0.138. The summed E-state index contributed by atoms with van der Waals surface area (Å²) >= 11 is 10.9. The van der Waals surface area contributed by atoms with E-state index >= 15 is 0 Å². The number of amides is 2. The summed E-state index contributed by atoms with van der Waals surface area (Å²) in [5.74, 6) is 0.735. The van der Waals surface area contributed by atoms with Gasteiger partial charge in [-0.25, -0.2) is 0 Å². The van der Waals surface area contributed by atoms with E-state index in [9.17, 15) is 9.59 Å². The second-order valence-corrected chi connectivity index (χ2v) is 8.40. The predicted octanol–water partition coefficient (Wildman–Crippen LogP) is 4.50. The van der Waals surface area contributed by atoms with Gasteiger partial charge in [-0.3, -0.25) is 9.59 Å². The zero-order valence-electron chi connectivity index (χ0n) is 15.2. The molecule has 2 rings (SSSR count). The molecule has 1 atom stereocenters. The lowest BCUT2D eigenvalue weighted by Crippen LogP contribution is -2.47. The summed E-state index contributed by atoms with van der Waals surface area (Å²) in [4.78, 5) is 26.5. The van der Waals surface area contributed by atoms with Crippen LogP contribution >= 0.6 is 39.3 Å². The van der Waals surface area contributed by atoms with Crippen molar-refractivity contribution in [3.05, 3.63) is 69.2 Å². The Hall–Kier alpha value is -1.50. The number of carbonyl (C=O) groups is 2. The molecule has 0 aliphatic carbocycles. The quantitative estimate of drug-likeness (QED) is 0.619. The molecule has 0 aliphatic heterocycles. The lowest BCUT2D eigenvalue weighted by atomic mass is 10.1. The first-order chi connectivity index (χ1) is 12.9. The first-order valence-electron chi connectivity index (χ1n) is 8.48. The van der Waals surface area contributed by atoms with Gasteiger partial charge in [0.1, 0.15) is 6.04 Å². The molecular formula is C20H22BrClN2O2S. The Morgan fingerprint density at radius 1 is 1.19 bits per heavy atom.